The molecule has 1 aliphatic rings. The third kappa shape index (κ3) is 6.80. The molecule has 0 aromatic heterocycles. The molecule has 2 atom stereocenters. The van der Waals surface area contributed by atoms with E-state index in [4.69, 9.17) is 5.73 Å². The molecule has 0 aliphatic heterocycles. The van der Waals surface area contributed by atoms with Crippen molar-refractivity contribution in [3.63, 3.8) is 0 Å². The molecule has 2 unspecified atom stereocenters. The maximum atomic E-state index is 10.9. The Balaban J connectivity index is 2.59. The summed E-state index contributed by atoms with van der Waals surface area (Å²) in [5, 5.41) is 4.29. The van der Waals surface area contributed by atoms with Crippen molar-refractivity contribution in [1.29, 1.82) is 0 Å². The fourth-order valence-electron chi connectivity index (χ4n) is 3.46. The lowest BCUT2D eigenvalue weighted by atomic mass is 9.67. The fourth-order valence-corrected chi connectivity index (χ4v) is 3.46. The molecular weight excluding hydrogens is 274 g/mol. The largest absolute Gasteiger partial charge is 0.350 e. The van der Waals surface area contributed by atoms with Crippen LogP contribution in [-0.2, 0) is 0 Å². The highest BCUT2D eigenvalue weighted by atomic mass is 16.2. The van der Waals surface area contributed by atoms with Crippen LogP contribution in [0.25, 0.3) is 0 Å². The molecule has 0 bridgehead atoms. The number of primary amides is 1. The lowest BCUT2D eigenvalue weighted by Gasteiger charge is -2.38. The van der Waals surface area contributed by atoms with Gasteiger partial charge in [0.15, 0.2) is 0 Å². The van der Waals surface area contributed by atoms with Crippen LogP contribution in [0, 0.1) is 17.3 Å². The van der Waals surface area contributed by atoms with Crippen molar-refractivity contribution < 1.29 is 4.79 Å². The van der Waals surface area contributed by atoms with Crippen molar-refractivity contribution in [3.05, 3.63) is 0 Å². The molecule has 0 radical (unpaired) electrons. The van der Waals surface area contributed by atoms with E-state index in [0.29, 0.717) is 11.3 Å². The zero-order valence-corrected chi connectivity index (χ0v) is 15.0. The molecule has 1 aliphatic carbocycles. The number of hydrogen-bond donors (Lipinski definition) is 2. The van der Waals surface area contributed by atoms with Gasteiger partial charge in [0.2, 0.25) is 0 Å². The maximum Gasteiger partial charge on any atom is 0.332 e. The first-order chi connectivity index (χ1) is 10.3. The van der Waals surface area contributed by atoms with Crippen molar-refractivity contribution in [2.24, 2.45) is 28.1 Å². The summed E-state index contributed by atoms with van der Waals surface area (Å²) in [6.45, 7) is 9.24. The van der Waals surface area contributed by atoms with E-state index < -0.39 is 6.03 Å². The molecule has 3 N–H and O–H groups in total. The SMILES string of the molecule is CCCCCCCC1CC(C(C)(C)C)CCC1=NNC(N)=O. The Morgan fingerprint density at radius 3 is 2.55 bits per heavy atom. The Hall–Kier alpha value is -1.06. The highest BCUT2D eigenvalue weighted by Crippen LogP contribution is 2.40. The van der Waals surface area contributed by atoms with Crippen LogP contribution in [0.2, 0.25) is 0 Å². The molecule has 0 aromatic rings. The van der Waals surface area contributed by atoms with E-state index in [0.717, 1.165) is 24.5 Å². The minimum absolute atomic E-state index is 0.350. The predicted octanol–water partition coefficient (Wildman–Crippen LogP) is 4.83. The summed E-state index contributed by atoms with van der Waals surface area (Å²) in [5.41, 5.74) is 9.08. The smallest absolute Gasteiger partial charge is 0.332 e. The normalized spacial score (nSPS) is 24.5. The number of urea groups is 1. The summed E-state index contributed by atoms with van der Waals surface area (Å²) in [5.74, 6) is 1.24. The highest BCUT2D eigenvalue weighted by Gasteiger charge is 2.33. The van der Waals surface area contributed by atoms with Gasteiger partial charge in [-0.3, -0.25) is 0 Å². The number of hydrogen-bond acceptors (Lipinski definition) is 2. The Kier molecular flexibility index (Phi) is 7.91. The van der Waals surface area contributed by atoms with Crippen LogP contribution in [0.1, 0.15) is 85.5 Å². The number of rotatable bonds is 7. The first-order valence-corrected chi connectivity index (χ1v) is 8.96. The Bertz CT molecular complexity index is 371. The molecule has 1 saturated carbocycles. The summed E-state index contributed by atoms with van der Waals surface area (Å²) in [6, 6.07) is -0.563. The van der Waals surface area contributed by atoms with Gasteiger partial charge in [-0.05, 0) is 42.9 Å². The second kappa shape index (κ2) is 9.16. The van der Waals surface area contributed by atoms with Crippen LogP contribution in [0.3, 0.4) is 0 Å². The van der Waals surface area contributed by atoms with Crippen molar-refractivity contribution in [1.82, 2.24) is 5.43 Å². The molecular formula is C18H35N3O. The fraction of sp³-hybridized carbons (Fsp3) is 0.889. The number of nitrogens with two attached hydrogens (primary N) is 1. The molecule has 22 heavy (non-hydrogen) atoms. The minimum Gasteiger partial charge on any atom is -0.350 e. The number of carbonyl (C=O) groups is 1. The molecule has 0 saturated heterocycles. The van der Waals surface area contributed by atoms with Gasteiger partial charge in [0.25, 0.3) is 0 Å². The van der Waals surface area contributed by atoms with Crippen LogP contribution in [-0.4, -0.2) is 11.7 Å². The molecule has 4 heteroatoms. The molecule has 0 heterocycles. The van der Waals surface area contributed by atoms with Crippen LogP contribution in [0.5, 0.6) is 0 Å². The van der Waals surface area contributed by atoms with Gasteiger partial charge in [-0.2, -0.15) is 5.10 Å². The first kappa shape index (κ1) is 19.0. The summed E-state index contributed by atoms with van der Waals surface area (Å²) in [4.78, 5) is 10.9. The third-order valence-electron chi connectivity index (χ3n) is 4.98. The zero-order valence-electron chi connectivity index (χ0n) is 15.0. The van der Waals surface area contributed by atoms with E-state index in [9.17, 15) is 4.79 Å². The number of nitrogens with one attached hydrogen (secondary N) is 1. The van der Waals surface area contributed by atoms with Gasteiger partial charge < -0.3 is 5.73 Å². The molecule has 0 spiro atoms. The van der Waals surface area contributed by atoms with Crippen LogP contribution < -0.4 is 11.2 Å². The number of carbonyl (C=O) groups excluding carboxylic acids is 1. The van der Waals surface area contributed by atoms with Gasteiger partial charge >= 0.3 is 6.03 Å². The summed E-state index contributed by atoms with van der Waals surface area (Å²) in [6.07, 6.45) is 11.0. The number of amides is 2. The van der Waals surface area contributed by atoms with E-state index >= 15 is 0 Å². The van der Waals surface area contributed by atoms with E-state index in [1.807, 2.05) is 0 Å². The lowest BCUT2D eigenvalue weighted by Crippen LogP contribution is -2.34. The number of unbranched alkanes of at least 4 members (excludes halogenated alkanes) is 4. The number of hydrazone groups is 1. The van der Waals surface area contributed by atoms with Gasteiger partial charge in [-0.25, -0.2) is 10.2 Å². The molecule has 4 nitrogen and oxygen atoms in total. The third-order valence-corrected chi connectivity index (χ3v) is 4.98. The van der Waals surface area contributed by atoms with Gasteiger partial charge in [0, 0.05) is 5.71 Å². The zero-order chi connectivity index (χ0) is 16.6. The van der Waals surface area contributed by atoms with Gasteiger partial charge in [-0.1, -0.05) is 59.8 Å². The average molecular weight is 309 g/mol. The van der Waals surface area contributed by atoms with Gasteiger partial charge in [-0.15, -0.1) is 0 Å². The lowest BCUT2D eigenvalue weighted by molar-refractivity contribution is 0.182. The maximum absolute atomic E-state index is 10.9. The summed E-state index contributed by atoms with van der Waals surface area (Å²) in [7, 11) is 0. The summed E-state index contributed by atoms with van der Waals surface area (Å²) >= 11 is 0. The summed E-state index contributed by atoms with van der Waals surface area (Å²) < 4.78 is 0. The quantitative estimate of drug-likeness (QED) is 0.513. The van der Waals surface area contributed by atoms with Gasteiger partial charge in [0.05, 0.1) is 0 Å². The average Bonchev–Trinajstić information content (AvgIpc) is 2.44. The Morgan fingerprint density at radius 2 is 1.95 bits per heavy atom. The van der Waals surface area contributed by atoms with Crippen molar-refractivity contribution in [3.8, 4) is 0 Å². The monoisotopic (exact) mass is 309 g/mol. The van der Waals surface area contributed by atoms with E-state index in [1.54, 1.807) is 0 Å². The van der Waals surface area contributed by atoms with E-state index in [1.165, 1.54) is 44.9 Å². The molecule has 0 aromatic carbocycles. The predicted molar refractivity (Wildman–Crippen MR) is 93.8 cm³/mol. The highest BCUT2D eigenvalue weighted by molar-refractivity contribution is 5.88. The molecule has 128 valence electrons. The van der Waals surface area contributed by atoms with E-state index in [2.05, 4.69) is 38.2 Å². The topological polar surface area (TPSA) is 67.5 Å². The second-order valence-corrected chi connectivity index (χ2v) is 7.82. The second-order valence-electron chi connectivity index (χ2n) is 7.82. The van der Waals surface area contributed by atoms with Gasteiger partial charge in [0.1, 0.15) is 0 Å². The number of nitrogens with zero attached hydrogens (tertiary/aromatic N) is 1. The van der Waals surface area contributed by atoms with E-state index in [-0.39, 0.29) is 0 Å². The van der Waals surface area contributed by atoms with Crippen molar-refractivity contribution in [2.45, 2.75) is 85.5 Å². The molecule has 1 rings (SSSR count). The van der Waals surface area contributed by atoms with Crippen molar-refractivity contribution >= 4 is 11.7 Å². The van der Waals surface area contributed by atoms with Crippen LogP contribution >= 0.6 is 0 Å². The first-order valence-electron chi connectivity index (χ1n) is 8.96. The van der Waals surface area contributed by atoms with Crippen LogP contribution in [0.15, 0.2) is 5.10 Å². The van der Waals surface area contributed by atoms with Crippen LogP contribution in [0.4, 0.5) is 4.79 Å². The van der Waals surface area contributed by atoms with Crippen molar-refractivity contribution in [2.75, 3.05) is 0 Å². The molecule has 1 fully saturated rings. The molecule has 2 amide bonds. The Morgan fingerprint density at radius 1 is 1.27 bits per heavy atom. The Labute approximate surface area is 136 Å². The minimum atomic E-state index is -0.563. The standard InChI is InChI=1S/C18H35N3O/c1-5-6-7-8-9-10-14-13-15(18(2,3)4)11-12-16(14)20-21-17(19)22/h14-15H,5-13H2,1-4H3,(H3,19,21,22).